The minimum Gasteiger partial charge on any atom is -0.459 e. The highest BCUT2D eigenvalue weighted by molar-refractivity contribution is 6.06. The maximum absolute atomic E-state index is 12.3. The van der Waals surface area contributed by atoms with Crippen molar-refractivity contribution in [2.75, 3.05) is 0 Å². The number of hydrogen-bond acceptors (Lipinski definition) is 6. The Morgan fingerprint density at radius 1 is 1.10 bits per heavy atom. The molecule has 0 N–H and O–H groups in total. The fourth-order valence-electron chi connectivity index (χ4n) is 3.38. The van der Waals surface area contributed by atoms with Gasteiger partial charge in [-0.1, -0.05) is 6.07 Å². The minimum atomic E-state index is -0.590. The van der Waals surface area contributed by atoms with Gasteiger partial charge in [0.25, 0.3) is 0 Å². The zero-order chi connectivity index (χ0) is 21.6. The number of esters is 1. The molecule has 8 heteroatoms. The van der Waals surface area contributed by atoms with Gasteiger partial charge in [-0.15, -0.1) is 0 Å². The highest BCUT2D eigenvalue weighted by Gasteiger charge is 2.20. The first-order valence-electron chi connectivity index (χ1n) is 9.66. The van der Waals surface area contributed by atoms with Gasteiger partial charge in [0.05, 0.1) is 11.2 Å². The molecular weight excluding hydrogens is 382 g/mol. The quantitative estimate of drug-likeness (QED) is 0.381. The number of carbonyl (C=O) groups excluding carboxylic acids is 2. The second-order valence-electron chi connectivity index (χ2n) is 8.31. The zero-order valence-electron chi connectivity index (χ0n) is 17.6. The van der Waals surface area contributed by atoms with Crippen molar-refractivity contribution < 1.29 is 14.3 Å². The Bertz CT molecular complexity index is 1290. The van der Waals surface area contributed by atoms with Gasteiger partial charge in [-0.05, 0) is 45.4 Å². The number of rotatable bonds is 4. The normalized spacial score (nSPS) is 11.9. The van der Waals surface area contributed by atoms with Gasteiger partial charge in [0.2, 0.25) is 0 Å². The molecule has 4 rings (SSSR count). The smallest absolute Gasteiger partial charge is 0.328 e. The van der Waals surface area contributed by atoms with Gasteiger partial charge in [-0.3, -0.25) is 14.3 Å². The van der Waals surface area contributed by atoms with Gasteiger partial charge in [0.1, 0.15) is 17.8 Å². The fourth-order valence-corrected chi connectivity index (χ4v) is 3.38. The molecule has 0 bridgehead atoms. The standard InChI is InChI=1S/C22H23N5O3/c1-13-8-19-23-10-16(11-27(19)24-13)15-6-7-18-17(9-15)21(14(2)28)25-26(18)12-20(29)30-22(3,4)5/h6-11H,12H2,1-5H3. The third-order valence-corrected chi connectivity index (χ3v) is 4.55. The Kier molecular flexibility index (Phi) is 4.64. The summed E-state index contributed by atoms with van der Waals surface area (Å²) in [4.78, 5) is 28.9. The average Bonchev–Trinajstić information content (AvgIpc) is 3.18. The molecule has 30 heavy (non-hydrogen) atoms. The van der Waals surface area contributed by atoms with Gasteiger partial charge in [0.15, 0.2) is 11.4 Å². The number of ether oxygens (including phenoxy) is 1. The lowest BCUT2D eigenvalue weighted by atomic mass is 10.0. The zero-order valence-corrected chi connectivity index (χ0v) is 17.6. The van der Waals surface area contributed by atoms with Gasteiger partial charge in [-0.25, -0.2) is 9.50 Å². The molecule has 3 heterocycles. The number of benzene rings is 1. The van der Waals surface area contributed by atoms with E-state index in [9.17, 15) is 9.59 Å². The third-order valence-electron chi connectivity index (χ3n) is 4.55. The molecule has 0 radical (unpaired) electrons. The Balaban J connectivity index is 1.76. The van der Waals surface area contributed by atoms with Crippen molar-refractivity contribution in [1.82, 2.24) is 24.4 Å². The minimum absolute atomic E-state index is 0.0690. The molecule has 0 saturated carbocycles. The summed E-state index contributed by atoms with van der Waals surface area (Å²) in [6.45, 7) is 8.74. The number of ketones is 1. The molecule has 4 aromatic rings. The molecule has 0 fully saturated rings. The molecule has 8 nitrogen and oxygen atoms in total. The van der Waals surface area contributed by atoms with Crippen LogP contribution < -0.4 is 0 Å². The van der Waals surface area contributed by atoms with Crippen LogP contribution in [0.3, 0.4) is 0 Å². The van der Waals surface area contributed by atoms with Crippen molar-refractivity contribution in [3.05, 3.63) is 48.0 Å². The van der Waals surface area contributed by atoms with E-state index in [1.54, 1.807) is 10.7 Å². The molecule has 154 valence electrons. The molecule has 0 atom stereocenters. The highest BCUT2D eigenvalue weighted by atomic mass is 16.6. The first-order valence-corrected chi connectivity index (χ1v) is 9.66. The van der Waals surface area contributed by atoms with E-state index in [2.05, 4.69) is 15.2 Å². The van der Waals surface area contributed by atoms with Crippen molar-refractivity contribution in [3.63, 3.8) is 0 Å². The summed E-state index contributed by atoms with van der Waals surface area (Å²) in [5.41, 5.74) is 3.82. The summed E-state index contributed by atoms with van der Waals surface area (Å²) in [5.74, 6) is -0.578. The van der Waals surface area contributed by atoms with Crippen LogP contribution in [0.5, 0.6) is 0 Å². The molecule has 0 aliphatic carbocycles. The molecule has 0 spiro atoms. The number of aryl methyl sites for hydroxylation is 1. The summed E-state index contributed by atoms with van der Waals surface area (Å²) in [6.07, 6.45) is 3.67. The summed E-state index contributed by atoms with van der Waals surface area (Å²) >= 11 is 0. The first kappa shape index (κ1) is 19.8. The van der Waals surface area contributed by atoms with Gasteiger partial charge < -0.3 is 4.74 Å². The number of Topliss-reactive ketones (excluding diaryl/α,β-unsaturated/α-hetero) is 1. The summed E-state index contributed by atoms with van der Waals surface area (Å²) in [7, 11) is 0. The average molecular weight is 405 g/mol. The number of aromatic nitrogens is 5. The lowest BCUT2D eigenvalue weighted by Crippen LogP contribution is -2.26. The molecule has 3 aromatic heterocycles. The third kappa shape index (κ3) is 3.80. The van der Waals surface area contributed by atoms with E-state index in [-0.39, 0.29) is 12.3 Å². The lowest BCUT2D eigenvalue weighted by molar-refractivity contribution is -0.155. The number of fused-ring (bicyclic) bond motifs is 2. The summed E-state index contributed by atoms with van der Waals surface area (Å²) in [6, 6.07) is 7.57. The maximum atomic E-state index is 12.3. The molecule has 0 saturated heterocycles. The molecule has 0 amide bonds. The van der Waals surface area contributed by atoms with Crippen LogP contribution in [0.4, 0.5) is 0 Å². The second-order valence-corrected chi connectivity index (χ2v) is 8.31. The number of carbonyl (C=O) groups is 2. The summed E-state index contributed by atoms with van der Waals surface area (Å²) in [5, 5.41) is 9.47. The molecule has 0 unspecified atom stereocenters. The van der Waals surface area contributed by atoms with Crippen molar-refractivity contribution >= 4 is 28.3 Å². The first-order chi connectivity index (χ1) is 14.1. The van der Waals surface area contributed by atoms with Crippen LogP contribution in [0.15, 0.2) is 36.7 Å². The molecular formula is C22H23N5O3. The Hall–Kier alpha value is -3.55. The number of hydrogen-bond donors (Lipinski definition) is 0. The fraction of sp³-hybridized carbons (Fsp3) is 0.318. The lowest BCUT2D eigenvalue weighted by Gasteiger charge is -2.19. The van der Waals surface area contributed by atoms with Crippen LogP contribution in [0.2, 0.25) is 0 Å². The van der Waals surface area contributed by atoms with E-state index in [4.69, 9.17) is 4.74 Å². The molecule has 0 aliphatic heterocycles. The maximum Gasteiger partial charge on any atom is 0.328 e. The van der Waals surface area contributed by atoms with E-state index in [1.807, 2.05) is 58.2 Å². The van der Waals surface area contributed by atoms with Crippen molar-refractivity contribution in [2.45, 2.75) is 46.8 Å². The van der Waals surface area contributed by atoms with E-state index in [0.29, 0.717) is 16.6 Å². The van der Waals surface area contributed by atoms with Crippen LogP contribution in [-0.2, 0) is 16.1 Å². The Labute approximate surface area is 173 Å². The van der Waals surface area contributed by atoms with E-state index in [0.717, 1.165) is 22.5 Å². The van der Waals surface area contributed by atoms with Crippen LogP contribution in [-0.4, -0.2) is 41.7 Å². The largest absolute Gasteiger partial charge is 0.459 e. The van der Waals surface area contributed by atoms with Crippen molar-refractivity contribution in [1.29, 1.82) is 0 Å². The Morgan fingerprint density at radius 3 is 2.57 bits per heavy atom. The Morgan fingerprint density at radius 2 is 1.87 bits per heavy atom. The van der Waals surface area contributed by atoms with Gasteiger partial charge >= 0.3 is 5.97 Å². The SMILES string of the molecule is CC(=O)c1nn(CC(=O)OC(C)(C)C)c2ccc(-c3cnc4cc(C)nn4c3)cc12. The number of nitrogens with zero attached hydrogens (tertiary/aromatic N) is 5. The molecule has 1 aromatic carbocycles. The van der Waals surface area contributed by atoms with E-state index in [1.165, 1.54) is 11.6 Å². The van der Waals surface area contributed by atoms with Crippen molar-refractivity contribution in [3.8, 4) is 11.1 Å². The summed E-state index contributed by atoms with van der Waals surface area (Å²) < 4.78 is 8.64. The van der Waals surface area contributed by atoms with Gasteiger partial charge in [0, 0.05) is 36.3 Å². The topological polar surface area (TPSA) is 91.4 Å². The van der Waals surface area contributed by atoms with Crippen LogP contribution >= 0.6 is 0 Å². The highest BCUT2D eigenvalue weighted by Crippen LogP contribution is 2.27. The predicted molar refractivity (Wildman–Crippen MR) is 112 cm³/mol. The van der Waals surface area contributed by atoms with E-state index >= 15 is 0 Å². The molecule has 0 aliphatic rings. The van der Waals surface area contributed by atoms with E-state index < -0.39 is 11.6 Å². The van der Waals surface area contributed by atoms with Crippen LogP contribution in [0.1, 0.15) is 43.9 Å². The second kappa shape index (κ2) is 7.05. The van der Waals surface area contributed by atoms with Gasteiger partial charge in [-0.2, -0.15) is 10.2 Å². The van der Waals surface area contributed by atoms with Crippen LogP contribution in [0, 0.1) is 6.92 Å². The van der Waals surface area contributed by atoms with Crippen LogP contribution in [0.25, 0.3) is 27.7 Å². The predicted octanol–water partition coefficient (Wildman–Crippen LogP) is 3.60. The monoisotopic (exact) mass is 405 g/mol. The van der Waals surface area contributed by atoms with Crippen molar-refractivity contribution in [2.24, 2.45) is 0 Å².